The number of amides is 1. The predicted molar refractivity (Wildman–Crippen MR) is 67.9 cm³/mol. The van der Waals surface area contributed by atoms with Crippen LogP contribution in [0.1, 0.15) is 34.6 Å². The topological polar surface area (TPSA) is 70.6 Å². The minimum Gasteiger partial charge on any atom is -0.381 e. The highest BCUT2D eigenvalue weighted by molar-refractivity contribution is 5.80. The number of rotatable bonds is 7. The lowest BCUT2D eigenvalue weighted by molar-refractivity contribution is -0.133. The molecule has 17 heavy (non-hydrogen) atoms. The molecule has 0 aliphatic rings. The minimum atomic E-state index is -1.09. The van der Waals surface area contributed by atoms with Crippen molar-refractivity contribution >= 4 is 5.91 Å². The van der Waals surface area contributed by atoms with Crippen molar-refractivity contribution in [3.8, 4) is 0 Å². The number of aliphatic hydroxyl groups excluding tert-OH is 1. The van der Waals surface area contributed by atoms with Gasteiger partial charge in [-0.25, -0.2) is 0 Å². The molecule has 0 bridgehead atoms. The molecular formula is C12H26N2O3. The van der Waals surface area contributed by atoms with Crippen LogP contribution in [0.25, 0.3) is 0 Å². The Kier molecular flexibility index (Phi) is 7.34. The van der Waals surface area contributed by atoms with Gasteiger partial charge in [0.1, 0.15) is 0 Å². The maximum absolute atomic E-state index is 11.4. The SMILES string of the molecule is CC(C)OCC(O)C(=O)NCCNC(C)(C)C. The Bertz CT molecular complexity index is 224. The fourth-order valence-electron chi connectivity index (χ4n) is 1.10. The van der Waals surface area contributed by atoms with E-state index < -0.39 is 6.10 Å². The zero-order valence-electron chi connectivity index (χ0n) is 11.5. The zero-order chi connectivity index (χ0) is 13.5. The average molecular weight is 246 g/mol. The molecule has 0 heterocycles. The molecule has 0 saturated carbocycles. The summed E-state index contributed by atoms with van der Waals surface area (Å²) in [6.07, 6.45) is -1.08. The summed E-state index contributed by atoms with van der Waals surface area (Å²) < 4.78 is 5.16. The van der Waals surface area contributed by atoms with E-state index in [-0.39, 0.29) is 24.2 Å². The number of hydrogen-bond donors (Lipinski definition) is 3. The number of carbonyl (C=O) groups excluding carboxylic acids is 1. The van der Waals surface area contributed by atoms with E-state index >= 15 is 0 Å². The molecule has 1 atom stereocenters. The Morgan fingerprint density at radius 1 is 1.29 bits per heavy atom. The largest absolute Gasteiger partial charge is 0.381 e. The van der Waals surface area contributed by atoms with Gasteiger partial charge in [0.05, 0.1) is 12.7 Å². The monoisotopic (exact) mass is 246 g/mol. The highest BCUT2D eigenvalue weighted by Gasteiger charge is 2.15. The molecule has 0 aromatic carbocycles. The summed E-state index contributed by atoms with van der Waals surface area (Å²) in [6, 6.07) is 0. The predicted octanol–water partition coefficient (Wildman–Crippen LogP) is 0.277. The Labute approximate surface area is 104 Å². The molecule has 1 unspecified atom stereocenters. The molecule has 0 aliphatic carbocycles. The van der Waals surface area contributed by atoms with Gasteiger partial charge in [-0.15, -0.1) is 0 Å². The van der Waals surface area contributed by atoms with E-state index in [2.05, 4.69) is 31.4 Å². The van der Waals surface area contributed by atoms with Crippen LogP contribution in [0.4, 0.5) is 0 Å². The van der Waals surface area contributed by atoms with Gasteiger partial charge in [0.2, 0.25) is 0 Å². The molecule has 102 valence electrons. The van der Waals surface area contributed by atoms with Crippen molar-refractivity contribution in [3.63, 3.8) is 0 Å². The second kappa shape index (κ2) is 7.63. The highest BCUT2D eigenvalue weighted by Crippen LogP contribution is 1.96. The van der Waals surface area contributed by atoms with Crippen LogP contribution in [0.2, 0.25) is 0 Å². The van der Waals surface area contributed by atoms with Crippen LogP contribution in [0.15, 0.2) is 0 Å². The van der Waals surface area contributed by atoms with Gasteiger partial charge in [-0.2, -0.15) is 0 Å². The Hall–Kier alpha value is -0.650. The van der Waals surface area contributed by atoms with Crippen LogP contribution in [0, 0.1) is 0 Å². The molecule has 5 heteroatoms. The molecule has 3 N–H and O–H groups in total. The van der Waals surface area contributed by atoms with Crippen molar-refractivity contribution in [1.29, 1.82) is 0 Å². The molecule has 0 aliphatic heterocycles. The third-order valence-corrected chi connectivity index (χ3v) is 1.97. The summed E-state index contributed by atoms with van der Waals surface area (Å²) in [5.41, 5.74) is 0.0318. The average Bonchev–Trinajstić information content (AvgIpc) is 2.19. The van der Waals surface area contributed by atoms with E-state index in [4.69, 9.17) is 4.74 Å². The molecule has 0 spiro atoms. The van der Waals surface area contributed by atoms with Crippen LogP contribution < -0.4 is 10.6 Å². The quantitative estimate of drug-likeness (QED) is 0.564. The van der Waals surface area contributed by atoms with Crippen molar-refractivity contribution in [2.75, 3.05) is 19.7 Å². The molecule has 0 rings (SSSR count). The standard InChI is InChI=1S/C12H26N2O3/c1-9(2)17-8-10(15)11(16)13-6-7-14-12(3,4)5/h9-10,14-15H,6-8H2,1-5H3,(H,13,16). The third-order valence-electron chi connectivity index (χ3n) is 1.97. The first-order valence-electron chi connectivity index (χ1n) is 6.05. The van der Waals surface area contributed by atoms with Crippen LogP contribution in [0.3, 0.4) is 0 Å². The number of nitrogens with one attached hydrogen (secondary N) is 2. The summed E-state index contributed by atoms with van der Waals surface area (Å²) in [5.74, 6) is -0.388. The molecule has 0 fully saturated rings. The first kappa shape index (κ1) is 16.4. The summed E-state index contributed by atoms with van der Waals surface area (Å²) in [7, 11) is 0. The highest BCUT2D eigenvalue weighted by atomic mass is 16.5. The molecule has 0 aromatic rings. The Morgan fingerprint density at radius 3 is 2.35 bits per heavy atom. The molecule has 1 amide bonds. The zero-order valence-corrected chi connectivity index (χ0v) is 11.5. The van der Waals surface area contributed by atoms with E-state index in [0.717, 1.165) is 0 Å². The minimum absolute atomic E-state index is 0.0139. The smallest absolute Gasteiger partial charge is 0.251 e. The van der Waals surface area contributed by atoms with Gasteiger partial charge >= 0.3 is 0 Å². The third kappa shape index (κ3) is 10.2. The van der Waals surface area contributed by atoms with Gasteiger partial charge in [-0.1, -0.05) is 0 Å². The number of hydrogen-bond acceptors (Lipinski definition) is 4. The fraction of sp³-hybridized carbons (Fsp3) is 0.917. The number of ether oxygens (including phenoxy) is 1. The molecular weight excluding hydrogens is 220 g/mol. The van der Waals surface area contributed by atoms with E-state index in [9.17, 15) is 9.90 Å². The van der Waals surface area contributed by atoms with Crippen molar-refractivity contribution < 1.29 is 14.6 Å². The lowest BCUT2D eigenvalue weighted by Gasteiger charge is -2.21. The number of carbonyl (C=O) groups is 1. The summed E-state index contributed by atoms with van der Waals surface area (Å²) in [6.45, 7) is 11.1. The van der Waals surface area contributed by atoms with Gasteiger partial charge < -0.3 is 20.5 Å². The maximum Gasteiger partial charge on any atom is 0.251 e. The first-order chi connectivity index (χ1) is 7.72. The van der Waals surface area contributed by atoms with Gasteiger partial charge in [-0.3, -0.25) is 4.79 Å². The van der Waals surface area contributed by atoms with E-state index in [1.807, 2.05) is 13.8 Å². The second-order valence-electron chi connectivity index (χ2n) is 5.37. The molecule has 0 radical (unpaired) electrons. The number of aliphatic hydroxyl groups is 1. The summed E-state index contributed by atoms with van der Waals surface area (Å²) >= 11 is 0. The molecule has 0 aromatic heterocycles. The normalized spacial score (nSPS) is 13.8. The van der Waals surface area contributed by atoms with E-state index in [1.54, 1.807) is 0 Å². The first-order valence-corrected chi connectivity index (χ1v) is 6.05. The van der Waals surface area contributed by atoms with Gasteiger partial charge in [0, 0.05) is 18.6 Å². The van der Waals surface area contributed by atoms with Crippen LogP contribution in [-0.2, 0) is 9.53 Å². The van der Waals surface area contributed by atoms with Crippen LogP contribution >= 0.6 is 0 Å². The van der Waals surface area contributed by atoms with Gasteiger partial charge in [0.25, 0.3) is 5.91 Å². The van der Waals surface area contributed by atoms with Crippen molar-refractivity contribution in [1.82, 2.24) is 10.6 Å². The van der Waals surface area contributed by atoms with Gasteiger partial charge in [-0.05, 0) is 34.6 Å². The van der Waals surface area contributed by atoms with Crippen molar-refractivity contribution in [2.45, 2.75) is 52.4 Å². The van der Waals surface area contributed by atoms with Crippen molar-refractivity contribution in [3.05, 3.63) is 0 Å². The van der Waals surface area contributed by atoms with Crippen LogP contribution in [0.5, 0.6) is 0 Å². The summed E-state index contributed by atoms with van der Waals surface area (Å²) in [4.78, 5) is 11.4. The van der Waals surface area contributed by atoms with Gasteiger partial charge in [0.15, 0.2) is 6.10 Å². The Morgan fingerprint density at radius 2 is 1.88 bits per heavy atom. The van der Waals surface area contributed by atoms with Crippen LogP contribution in [-0.4, -0.2) is 48.5 Å². The molecule has 5 nitrogen and oxygen atoms in total. The maximum atomic E-state index is 11.4. The Balaban J connectivity index is 3.64. The fourth-order valence-corrected chi connectivity index (χ4v) is 1.10. The second-order valence-corrected chi connectivity index (χ2v) is 5.37. The summed E-state index contributed by atoms with van der Waals surface area (Å²) in [5, 5.41) is 15.4. The van der Waals surface area contributed by atoms with Crippen molar-refractivity contribution in [2.24, 2.45) is 0 Å². The van der Waals surface area contributed by atoms with E-state index in [0.29, 0.717) is 13.1 Å². The lowest BCUT2D eigenvalue weighted by Crippen LogP contribution is -2.44. The lowest BCUT2D eigenvalue weighted by atomic mass is 10.1. The molecule has 0 saturated heterocycles. The van der Waals surface area contributed by atoms with E-state index in [1.165, 1.54) is 0 Å².